The highest BCUT2D eigenvalue weighted by Crippen LogP contribution is 2.21. The normalized spacial score (nSPS) is 12.4. The van der Waals surface area contributed by atoms with Gasteiger partial charge in [0.15, 0.2) is 0 Å². The van der Waals surface area contributed by atoms with Gasteiger partial charge in [0, 0.05) is 0 Å². The third kappa shape index (κ3) is 2.89. The van der Waals surface area contributed by atoms with E-state index in [0.29, 0.717) is 5.56 Å². The first-order chi connectivity index (χ1) is 6.02. The molecule has 0 aliphatic rings. The van der Waals surface area contributed by atoms with Crippen LogP contribution in [-0.4, -0.2) is 6.43 Å². The van der Waals surface area contributed by atoms with Crippen LogP contribution in [0.5, 0.6) is 0 Å². The van der Waals surface area contributed by atoms with E-state index in [1.165, 1.54) is 12.1 Å². The van der Waals surface area contributed by atoms with Crippen molar-refractivity contribution in [3.8, 4) is 0 Å². The van der Waals surface area contributed by atoms with Gasteiger partial charge in [0.1, 0.15) is 5.82 Å². The molecule has 0 fully saturated rings. The Morgan fingerprint density at radius 3 is 2.29 bits per heavy atom. The Labute approximate surface area is 86.5 Å². The van der Waals surface area contributed by atoms with Crippen molar-refractivity contribution in [1.29, 1.82) is 0 Å². The summed E-state index contributed by atoms with van der Waals surface area (Å²) in [5.41, 5.74) is 5.96. The molecule has 0 radical (unpaired) electrons. The van der Waals surface area contributed by atoms with E-state index in [0.717, 1.165) is 6.07 Å². The lowest BCUT2D eigenvalue weighted by Crippen LogP contribution is -2.19. The third-order valence-corrected chi connectivity index (χ3v) is 1.86. The number of rotatable bonds is 2. The monoisotopic (exact) mass is 225 g/mol. The number of hydrogen-bond acceptors (Lipinski definition) is 1. The van der Waals surface area contributed by atoms with Gasteiger partial charge in [-0.3, -0.25) is 0 Å². The number of benzene rings is 1. The summed E-state index contributed by atoms with van der Waals surface area (Å²) in [6, 6.07) is 2.28. The zero-order valence-electron chi connectivity index (χ0n) is 7.51. The first-order valence-corrected chi connectivity index (χ1v) is 3.82. The second kappa shape index (κ2) is 5.22. The predicted molar refractivity (Wildman–Crippen MR) is 51.3 cm³/mol. The van der Waals surface area contributed by atoms with Crippen LogP contribution in [-0.2, 0) is 0 Å². The highest BCUT2D eigenvalue weighted by atomic mass is 35.5. The van der Waals surface area contributed by atoms with Crippen molar-refractivity contribution in [1.82, 2.24) is 0 Å². The van der Waals surface area contributed by atoms with Crippen LogP contribution in [0.25, 0.3) is 0 Å². The zero-order chi connectivity index (χ0) is 10.0. The summed E-state index contributed by atoms with van der Waals surface area (Å²) in [5, 5.41) is 0. The molecule has 0 aliphatic heterocycles. The molecule has 0 bridgehead atoms. The molecular formula is C9H11ClF3N. The third-order valence-electron chi connectivity index (χ3n) is 1.86. The lowest BCUT2D eigenvalue weighted by Gasteiger charge is -2.13. The average Bonchev–Trinajstić information content (AvgIpc) is 2.03. The van der Waals surface area contributed by atoms with Gasteiger partial charge in [0.05, 0.1) is 6.04 Å². The van der Waals surface area contributed by atoms with E-state index in [2.05, 4.69) is 0 Å². The highest BCUT2D eigenvalue weighted by molar-refractivity contribution is 5.85. The summed E-state index contributed by atoms with van der Waals surface area (Å²) in [6.45, 7) is 1.56. The fourth-order valence-corrected chi connectivity index (χ4v) is 1.15. The van der Waals surface area contributed by atoms with Crippen molar-refractivity contribution < 1.29 is 13.2 Å². The van der Waals surface area contributed by atoms with Crippen LogP contribution in [0.15, 0.2) is 18.2 Å². The van der Waals surface area contributed by atoms with E-state index >= 15 is 0 Å². The molecule has 80 valence electrons. The summed E-state index contributed by atoms with van der Waals surface area (Å²) in [6.07, 6.45) is -2.62. The van der Waals surface area contributed by atoms with Gasteiger partial charge in [-0.05, 0) is 30.2 Å². The molecule has 0 aliphatic carbocycles. The number of alkyl halides is 2. The van der Waals surface area contributed by atoms with Gasteiger partial charge < -0.3 is 5.73 Å². The zero-order valence-corrected chi connectivity index (χ0v) is 8.32. The first kappa shape index (κ1) is 13.3. The molecule has 1 aromatic carbocycles. The Bertz CT molecular complexity index is 304. The number of nitrogens with two attached hydrogens (primary N) is 1. The van der Waals surface area contributed by atoms with Crippen molar-refractivity contribution in [2.75, 3.05) is 0 Å². The van der Waals surface area contributed by atoms with Gasteiger partial charge in [-0.1, -0.05) is 6.07 Å². The highest BCUT2D eigenvalue weighted by Gasteiger charge is 2.19. The Kier molecular flexibility index (Phi) is 4.94. The van der Waals surface area contributed by atoms with Crippen LogP contribution in [0.1, 0.15) is 17.2 Å². The van der Waals surface area contributed by atoms with Crippen LogP contribution in [0.2, 0.25) is 0 Å². The predicted octanol–water partition coefficient (Wildman–Crippen LogP) is 2.82. The fourth-order valence-electron chi connectivity index (χ4n) is 1.15. The average molecular weight is 226 g/mol. The van der Waals surface area contributed by atoms with Gasteiger partial charge in [-0.15, -0.1) is 12.4 Å². The van der Waals surface area contributed by atoms with Crippen LogP contribution >= 0.6 is 12.4 Å². The Balaban J connectivity index is 0.00000169. The molecule has 0 heterocycles. The molecule has 0 aromatic heterocycles. The molecule has 5 heteroatoms. The smallest absolute Gasteiger partial charge is 0.257 e. The first-order valence-electron chi connectivity index (χ1n) is 3.82. The molecule has 1 rings (SSSR count). The van der Waals surface area contributed by atoms with Gasteiger partial charge in [-0.25, -0.2) is 13.2 Å². The van der Waals surface area contributed by atoms with E-state index in [1.807, 2.05) is 0 Å². The van der Waals surface area contributed by atoms with Crippen molar-refractivity contribution >= 4 is 12.4 Å². The van der Waals surface area contributed by atoms with Crippen molar-refractivity contribution in [3.05, 3.63) is 35.1 Å². The topological polar surface area (TPSA) is 26.0 Å². The lowest BCUT2D eigenvalue weighted by atomic mass is 10.0. The van der Waals surface area contributed by atoms with E-state index < -0.39 is 18.3 Å². The number of aryl methyl sites for hydroxylation is 1. The second-order valence-corrected chi connectivity index (χ2v) is 2.86. The molecule has 2 N–H and O–H groups in total. The minimum atomic E-state index is -2.62. The SMILES string of the molecule is Cc1cc(F)ccc1[C@@H](N)C(F)F.Cl. The molecule has 0 unspecified atom stereocenters. The Hall–Kier alpha value is -0.740. The van der Waals surface area contributed by atoms with Crippen molar-refractivity contribution in [3.63, 3.8) is 0 Å². The molecular weight excluding hydrogens is 215 g/mol. The minimum Gasteiger partial charge on any atom is -0.319 e. The van der Waals surface area contributed by atoms with Gasteiger partial charge in [0.25, 0.3) is 6.43 Å². The number of halogens is 4. The van der Waals surface area contributed by atoms with E-state index in [4.69, 9.17) is 5.73 Å². The molecule has 14 heavy (non-hydrogen) atoms. The fraction of sp³-hybridized carbons (Fsp3) is 0.333. The van der Waals surface area contributed by atoms with Gasteiger partial charge in [-0.2, -0.15) is 0 Å². The molecule has 1 atom stereocenters. The summed E-state index contributed by atoms with van der Waals surface area (Å²) >= 11 is 0. The molecule has 0 amide bonds. The number of hydrogen-bond donors (Lipinski definition) is 1. The maximum atomic E-state index is 12.6. The van der Waals surface area contributed by atoms with E-state index in [-0.39, 0.29) is 18.0 Å². The van der Waals surface area contributed by atoms with Crippen LogP contribution in [0.4, 0.5) is 13.2 Å². The van der Waals surface area contributed by atoms with Gasteiger partial charge >= 0.3 is 0 Å². The minimum absolute atomic E-state index is 0. The van der Waals surface area contributed by atoms with E-state index in [1.54, 1.807) is 6.92 Å². The molecule has 0 spiro atoms. The molecule has 0 saturated carbocycles. The summed E-state index contributed by atoms with van der Waals surface area (Å²) in [5.74, 6) is -0.442. The standard InChI is InChI=1S/C9H10F3N.ClH/c1-5-4-6(10)2-3-7(5)8(13)9(11)12;/h2-4,8-9H,13H2,1H3;1H/t8-;/m1./s1. The second-order valence-electron chi connectivity index (χ2n) is 2.86. The maximum absolute atomic E-state index is 12.6. The molecule has 0 saturated heterocycles. The molecule has 1 aromatic rings. The lowest BCUT2D eigenvalue weighted by molar-refractivity contribution is 0.116. The van der Waals surface area contributed by atoms with Crippen molar-refractivity contribution in [2.24, 2.45) is 5.73 Å². The molecule has 1 nitrogen and oxygen atoms in total. The largest absolute Gasteiger partial charge is 0.319 e. The summed E-state index contributed by atoms with van der Waals surface area (Å²) < 4.78 is 36.9. The summed E-state index contributed by atoms with van der Waals surface area (Å²) in [4.78, 5) is 0. The Morgan fingerprint density at radius 1 is 1.29 bits per heavy atom. The van der Waals surface area contributed by atoms with Crippen LogP contribution in [0.3, 0.4) is 0 Å². The van der Waals surface area contributed by atoms with Gasteiger partial charge in [0.2, 0.25) is 0 Å². The quantitative estimate of drug-likeness (QED) is 0.823. The van der Waals surface area contributed by atoms with Crippen molar-refractivity contribution in [2.45, 2.75) is 19.4 Å². The van der Waals surface area contributed by atoms with Crippen LogP contribution < -0.4 is 5.73 Å². The van der Waals surface area contributed by atoms with E-state index in [9.17, 15) is 13.2 Å². The maximum Gasteiger partial charge on any atom is 0.257 e. The van der Waals surface area contributed by atoms with Crippen LogP contribution in [0, 0.1) is 12.7 Å². The summed E-state index contributed by atoms with van der Waals surface area (Å²) in [7, 11) is 0. The Morgan fingerprint density at radius 2 is 1.86 bits per heavy atom.